The lowest BCUT2D eigenvalue weighted by molar-refractivity contribution is 0.108. The molecule has 0 aliphatic heterocycles. The van der Waals surface area contributed by atoms with Crippen molar-refractivity contribution >= 4 is 5.82 Å². The van der Waals surface area contributed by atoms with Crippen LogP contribution in [0.25, 0.3) is 0 Å². The molecular formula is C13H23N3O2. The summed E-state index contributed by atoms with van der Waals surface area (Å²) in [6.45, 7) is 10.6. The van der Waals surface area contributed by atoms with Crippen LogP contribution < -0.4 is 10.1 Å². The summed E-state index contributed by atoms with van der Waals surface area (Å²) >= 11 is 0. The number of aromatic nitrogens is 2. The Morgan fingerprint density at radius 3 is 2.56 bits per heavy atom. The molecule has 0 fully saturated rings. The van der Waals surface area contributed by atoms with E-state index in [1.54, 1.807) is 0 Å². The maximum absolute atomic E-state index is 5.62. The van der Waals surface area contributed by atoms with Gasteiger partial charge in [0.25, 0.3) is 0 Å². The number of hydrogen-bond acceptors (Lipinski definition) is 5. The molecule has 0 aliphatic rings. The predicted molar refractivity (Wildman–Crippen MR) is 72.3 cm³/mol. The molecule has 0 saturated heterocycles. The predicted octanol–water partition coefficient (Wildman–Crippen LogP) is 2.33. The van der Waals surface area contributed by atoms with E-state index in [0.29, 0.717) is 31.5 Å². The molecule has 1 aromatic heterocycles. The van der Waals surface area contributed by atoms with E-state index in [4.69, 9.17) is 9.47 Å². The van der Waals surface area contributed by atoms with Gasteiger partial charge in [0.15, 0.2) is 0 Å². The molecule has 0 radical (unpaired) electrons. The molecule has 0 unspecified atom stereocenters. The summed E-state index contributed by atoms with van der Waals surface area (Å²) in [6, 6.07) is 0. The van der Waals surface area contributed by atoms with E-state index >= 15 is 0 Å². The zero-order valence-corrected chi connectivity index (χ0v) is 11.7. The number of nitrogens with zero attached hydrogens (tertiary/aromatic N) is 2. The highest BCUT2D eigenvalue weighted by Gasteiger charge is 2.09. The first kappa shape index (κ1) is 14.7. The molecule has 1 rings (SSSR count). The van der Waals surface area contributed by atoms with Gasteiger partial charge in [-0.15, -0.1) is 0 Å². The lowest BCUT2D eigenvalue weighted by atomic mass is 10.3. The van der Waals surface area contributed by atoms with Gasteiger partial charge in [-0.1, -0.05) is 6.92 Å². The molecule has 5 heteroatoms. The van der Waals surface area contributed by atoms with Gasteiger partial charge in [0.1, 0.15) is 18.2 Å². The van der Waals surface area contributed by atoms with Crippen molar-refractivity contribution in [2.75, 3.05) is 31.7 Å². The Labute approximate surface area is 109 Å². The first-order valence-electron chi connectivity index (χ1n) is 6.48. The first-order valence-corrected chi connectivity index (χ1v) is 6.48. The lowest BCUT2D eigenvalue weighted by Gasteiger charge is -2.13. The normalized spacial score (nSPS) is 10.4. The highest BCUT2D eigenvalue weighted by molar-refractivity contribution is 5.48. The van der Waals surface area contributed by atoms with Crippen molar-refractivity contribution in [1.82, 2.24) is 9.97 Å². The summed E-state index contributed by atoms with van der Waals surface area (Å²) in [5, 5.41) is 3.28. The topological polar surface area (TPSA) is 56.3 Å². The van der Waals surface area contributed by atoms with Crippen molar-refractivity contribution in [1.29, 1.82) is 0 Å². The molecule has 5 nitrogen and oxygen atoms in total. The average molecular weight is 253 g/mol. The molecule has 1 aromatic rings. The van der Waals surface area contributed by atoms with Crippen molar-refractivity contribution in [3.05, 3.63) is 11.4 Å². The third-order valence-corrected chi connectivity index (χ3v) is 2.43. The fourth-order valence-corrected chi connectivity index (χ4v) is 1.50. The van der Waals surface area contributed by atoms with Crippen molar-refractivity contribution in [2.24, 2.45) is 0 Å². The van der Waals surface area contributed by atoms with Gasteiger partial charge in [-0.25, -0.2) is 4.98 Å². The van der Waals surface area contributed by atoms with Crippen molar-refractivity contribution in [3.8, 4) is 5.88 Å². The Bertz CT molecular complexity index is 369. The number of anilines is 1. The van der Waals surface area contributed by atoms with Gasteiger partial charge in [-0.05, 0) is 27.2 Å². The molecule has 0 amide bonds. The molecule has 0 spiro atoms. The molecule has 0 aromatic carbocycles. The molecule has 102 valence electrons. The van der Waals surface area contributed by atoms with Crippen molar-refractivity contribution in [2.45, 2.75) is 34.1 Å². The second kappa shape index (κ2) is 7.87. The second-order valence-corrected chi connectivity index (χ2v) is 4.02. The minimum atomic E-state index is 0.512. The van der Waals surface area contributed by atoms with Gasteiger partial charge in [-0.2, -0.15) is 4.98 Å². The zero-order valence-electron chi connectivity index (χ0n) is 11.7. The summed E-state index contributed by atoms with van der Waals surface area (Å²) in [7, 11) is 0. The zero-order chi connectivity index (χ0) is 13.4. The monoisotopic (exact) mass is 253 g/mol. The second-order valence-electron chi connectivity index (χ2n) is 4.02. The van der Waals surface area contributed by atoms with Crippen LogP contribution in [0, 0.1) is 13.8 Å². The molecule has 0 saturated carbocycles. The summed E-state index contributed by atoms with van der Waals surface area (Å²) in [6.07, 6.45) is 1.06. The van der Waals surface area contributed by atoms with E-state index in [0.717, 1.165) is 24.3 Å². The summed E-state index contributed by atoms with van der Waals surface area (Å²) in [5.41, 5.74) is 0.950. The Kier molecular flexibility index (Phi) is 6.43. The minimum absolute atomic E-state index is 0.512. The summed E-state index contributed by atoms with van der Waals surface area (Å²) < 4.78 is 10.9. The highest BCUT2D eigenvalue weighted by atomic mass is 16.5. The smallest absolute Gasteiger partial charge is 0.221 e. The van der Waals surface area contributed by atoms with E-state index in [-0.39, 0.29) is 0 Å². The summed E-state index contributed by atoms with van der Waals surface area (Å²) in [4.78, 5) is 8.69. The standard InChI is InChI=1S/C13H23N3O2/c1-5-7-14-12-10(3)13(16-11(4)15-12)18-9-8-17-6-2/h5-9H2,1-4H3,(H,14,15,16). The maximum Gasteiger partial charge on any atom is 0.221 e. The van der Waals surface area contributed by atoms with Gasteiger partial charge in [0.2, 0.25) is 5.88 Å². The number of rotatable bonds is 8. The molecule has 0 aliphatic carbocycles. The van der Waals surface area contributed by atoms with Crippen LogP contribution in [-0.4, -0.2) is 36.3 Å². The van der Waals surface area contributed by atoms with Crippen LogP contribution in [0.15, 0.2) is 0 Å². The molecule has 1 heterocycles. The van der Waals surface area contributed by atoms with Gasteiger partial charge in [0.05, 0.1) is 12.2 Å². The molecule has 0 bridgehead atoms. The van der Waals surface area contributed by atoms with E-state index < -0.39 is 0 Å². The highest BCUT2D eigenvalue weighted by Crippen LogP contribution is 2.21. The number of hydrogen-bond donors (Lipinski definition) is 1. The third-order valence-electron chi connectivity index (χ3n) is 2.43. The van der Waals surface area contributed by atoms with Crippen LogP contribution in [-0.2, 0) is 4.74 Å². The Morgan fingerprint density at radius 2 is 1.89 bits per heavy atom. The third kappa shape index (κ3) is 4.49. The molecule has 0 atom stereocenters. The van der Waals surface area contributed by atoms with E-state index in [9.17, 15) is 0 Å². The van der Waals surface area contributed by atoms with E-state index in [1.165, 1.54) is 0 Å². The average Bonchev–Trinajstić information content (AvgIpc) is 2.36. The van der Waals surface area contributed by atoms with Crippen molar-refractivity contribution in [3.63, 3.8) is 0 Å². The van der Waals surface area contributed by atoms with Gasteiger partial charge >= 0.3 is 0 Å². The van der Waals surface area contributed by atoms with Crippen LogP contribution >= 0.6 is 0 Å². The fourth-order valence-electron chi connectivity index (χ4n) is 1.50. The Morgan fingerprint density at radius 1 is 1.11 bits per heavy atom. The first-order chi connectivity index (χ1) is 8.69. The van der Waals surface area contributed by atoms with E-state index in [2.05, 4.69) is 22.2 Å². The van der Waals surface area contributed by atoms with Crippen LogP contribution in [0.1, 0.15) is 31.7 Å². The SMILES string of the molecule is CCCNc1nc(C)nc(OCCOCC)c1C. The van der Waals surface area contributed by atoms with Crippen LogP contribution in [0.2, 0.25) is 0 Å². The molecular weight excluding hydrogens is 230 g/mol. The molecule has 18 heavy (non-hydrogen) atoms. The minimum Gasteiger partial charge on any atom is -0.475 e. The van der Waals surface area contributed by atoms with Gasteiger partial charge in [0, 0.05) is 13.2 Å². The Balaban J connectivity index is 2.68. The van der Waals surface area contributed by atoms with Crippen LogP contribution in [0.3, 0.4) is 0 Å². The fraction of sp³-hybridized carbons (Fsp3) is 0.692. The van der Waals surface area contributed by atoms with Crippen molar-refractivity contribution < 1.29 is 9.47 Å². The number of nitrogens with one attached hydrogen (secondary N) is 1. The largest absolute Gasteiger partial charge is 0.475 e. The van der Waals surface area contributed by atoms with Crippen LogP contribution in [0.4, 0.5) is 5.82 Å². The Hall–Kier alpha value is -1.36. The number of aryl methyl sites for hydroxylation is 1. The van der Waals surface area contributed by atoms with Crippen LogP contribution in [0.5, 0.6) is 5.88 Å². The number of ether oxygens (including phenoxy) is 2. The quantitative estimate of drug-likeness (QED) is 0.721. The maximum atomic E-state index is 5.62. The summed E-state index contributed by atoms with van der Waals surface area (Å²) in [5.74, 6) is 2.21. The van der Waals surface area contributed by atoms with Gasteiger partial charge < -0.3 is 14.8 Å². The molecule has 1 N–H and O–H groups in total. The van der Waals surface area contributed by atoms with Gasteiger partial charge in [-0.3, -0.25) is 0 Å². The lowest BCUT2D eigenvalue weighted by Crippen LogP contribution is -2.11. The van der Waals surface area contributed by atoms with E-state index in [1.807, 2.05) is 20.8 Å².